The van der Waals surface area contributed by atoms with E-state index in [4.69, 9.17) is 11.5 Å². The fourth-order valence-corrected chi connectivity index (χ4v) is 3.10. The van der Waals surface area contributed by atoms with E-state index in [-0.39, 0.29) is 18.1 Å². The minimum Gasteiger partial charge on any atom is -0.508 e. The van der Waals surface area contributed by atoms with Gasteiger partial charge in [-0.3, -0.25) is 19.2 Å². The first kappa shape index (κ1) is 29.4. The molecule has 1 rings (SSSR count). The van der Waals surface area contributed by atoms with Gasteiger partial charge < -0.3 is 37.6 Å². The van der Waals surface area contributed by atoms with Gasteiger partial charge in [-0.15, -0.1) is 0 Å². The van der Waals surface area contributed by atoms with E-state index >= 15 is 0 Å². The molecule has 4 atom stereocenters. The number of carboxylic acids is 1. The summed E-state index contributed by atoms with van der Waals surface area (Å²) in [6.45, 7) is 6.78. The standard InChI is InChI=1S/C23H35N5O7/c1-11(2)18(25)21(32)26-15(9-13-5-7-14(29)8-6-13)20(31)28-19(12(3)4)22(33)27-16(23(34)35)10-17(24)30/h5-8,11-12,15-16,18-19,29H,9-10,25H2,1-4H3,(H2,24,30)(H,26,32)(H,27,33)(H,28,31)(H,34,35). The minimum absolute atomic E-state index is 0.0288. The molecule has 12 heteroatoms. The van der Waals surface area contributed by atoms with E-state index in [1.54, 1.807) is 39.8 Å². The van der Waals surface area contributed by atoms with Crippen LogP contribution in [0.1, 0.15) is 39.7 Å². The van der Waals surface area contributed by atoms with Gasteiger partial charge in [-0.25, -0.2) is 4.79 Å². The predicted octanol–water partition coefficient (Wildman–Crippen LogP) is -1.01. The van der Waals surface area contributed by atoms with Crippen molar-refractivity contribution in [3.05, 3.63) is 29.8 Å². The second-order valence-electron chi connectivity index (χ2n) is 9.00. The number of primary amides is 1. The van der Waals surface area contributed by atoms with Crippen LogP contribution in [0.5, 0.6) is 5.75 Å². The normalized spacial score (nSPS) is 14.5. The number of nitrogens with one attached hydrogen (secondary N) is 3. The molecule has 0 aliphatic heterocycles. The van der Waals surface area contributed by atoms with Gasteiger partial charge in [-0.2, -0.15) is 0 Å². The third-order valence-electron chi connectivity index (χ3n) is 5.30. The van der Waals surface area contributed by atoms with Crippen LogP contribution in [0.15, 0.2) is 24.3 Å². The first-order chi connectivity index (χ1) is 16.2. The third kappa shape index (κ3) is 9.61. The van der Waals surface area contributed by atoms with Crippen molar-refractivity contribution in [2.75, 3.05) is 0 Å². The molecule has 0 aromatic heterocycles. The maximum absolute atomic E-state index is 13.2. The van der Waals surface area contributed by atoms with Crippen LogP contribution < -0.4 is 27.4 Å². The van der Waals surface area contributed by atoms with Crippen LogP contribution in [0, 0.1) is 11.8 Å². The quantitative estimate of drug-likeness (QED) is 0.180. The number of hydrogen-bond acceptors (Lipinski definition) is 7. The number of carbonyl (C=O) groups excluding carboxylic acids is 4. The Morgan fingerprint density at radius 1 is 0.829 bits per heavy atom. The summed E-state index contributed by atoms with van der Waals surface area (Å²) in [5, 5.41) is 26.1. The van der Waals surface area contributed by atoms with Gasteiger partial charge in [0.1, 0.15) is 23.9 Å². The number of amides is 4. The molecule has 9 N–H and O–H groups in total. The van der Waals surface area contributed by atoms with Crippen LogP contribution in [0.2, 0.25) is 0 Å². The van der Waals surface area contributed by atoms with Crippen molar-refractivity contribution in [1.29, 1.82) is 0 Å². The molecule has 0 saturated carbocycles. The van der Waals surface area contributed by atoms with Gasteiger partial charge >= 0.3 is 5.97 Å². The summed E-state index contributed by atoms with van der Waals surface area (Å²) in [6.07, 6.45) is -0.582. The number of nitrogens with two attached hydrogens (primary N) is 2. The lowest BCUT2D eigenvalue weighted by atomic mass is 9.99. The Morgan fingerprint density at radius 3 is 1.83 bits per heavy atom. The van der Waals surface area contributed by atoms with Gasteiger partial charge in [0.25, 0.3) is 0 Å². The van der Waals surface area contributed by atoms with Crippen molar-refractivity contribution in [2.45, 2.75) is 64.7 Å². The van der Waals surface area contributed by atoms with Crippen LogP contribution in [-0.4, -0.2) is 64.0 Å². The van der Waals surface area contributed by atoms with Crippen molar-refractivity contribution in [1.82, 2.24) is 16.0 Å². The summed E-state index contributed by atoms with van der Waals surface area (Å²) in [6, 6.07) is 1.30. The van der Waals surface area contributed by atoms with Crippen molar-refractivity contribution in [3.8, 4) is 5.75 Å². The predicted molar refractivity (Wildman–Crippen MR) is 127 cm³/mol. The molecule has 0 saturated heterocycles. The van der Waals surface area contributed by atoms with Gasteiger partial charge in [0.2, 0.25) is 23.6 Å². The zero-order chi connectivity index (χ0) is 26.9. The lowest BCUT2D eigenvalue weighted by Gasteiger charge is -2.27. The molecular formula is C23H35N5O7. The second-order valence-corrected chi connectivity index (χ2v) is 9.00. The molecule has 0 spiro atoms. The van der Waals surface area contributed by atoms with Crippen molar-refractivity contribution >= 4 is 29.6 Å². The molecule has 0 bridgehead atoms. The maximum Gasteiger partial charge on any atom is 0.326 e. The number of aromatic hydroxyl groups is 1. The average Bonchev–Trinajstić information content (AvgIpc) is 2.76. The third-order valence-corrected chi connectivity index (χ3v) is 5.30. The number of hydrogen-bond donors (Lipinski definition) is 7. The molecule has 0 aliphatic rings. The number of carbonyl (C=O) groups is 5. The highest BCUT2D eigenvalue weighted by Crippen LogP contribution is 2.13. The first-order valence-corrected chi connectivity index (χ1v) is 11.2. The number of phenolic OH excluding ortho intramolecular Hbond substituents is 1. The van der Waals surface area contributed by atoms with E-state index in [1.807, 2.05) is 0 Å². The van der Waals surface area contributed by atoms with E-state index in [1.165, 1.54) is 12.1 Å². The Bertz CT molecular complexity index is 917. The Morgan fingerprint density at radius 2 is 1.37 bits per heavy atom. The summed E-state index contributed by atoms with van der Waals surface area (Å²) in [5.41, 5.74) is 11.6. The maximum atomic E-state index is 13.2. The fourth-order valence-electron chi connectivity index (χ4n) is 3.10. The van der Waals surface area contributed by atoms with Gasteiger partial charge in [0.05, 0.1) is 12.5 Å². The van der Waals surface area contributed by atoms with Crippen LogP contribution in [0.3, 0.4) is 0 Å². The summed E-state index contributed by atoms with van der Waals surface area (Å²) in [7, 11) is 0. The zero-order valence-electron chi connectivity index (χ0n) is 20.3. The molecule has 1 aromatic rings. The summed E-state index contributed by atoms with van der Waals surface area (Å²) in [5.74, 6) is -5.08. The molecule has 4 unspecified atom stereocenters. The molecule has 194 valence electrons. The molecule has 0 aliphatic carbocycles. The Kier molecular flexibility index (Phi) is 11.1. The number of aliphatic carboxylic acids is 1. The van der Waals surface area contributed by atoms with Gasteiger partial charge in [0.15, 0.2) is 0 Å². The summed E-state index contributed by atoms with van der Waals surface area (Å²) >= 11 is 0. The minimum atomic E-state index is -1.56. The molecule has 12 nitrogen and oxygen atoms in total. The average molecular weight is 494 g/mol. The van der Waals surface area contributed by atoms with Crippen LogP contribution in [-0.2, 0) is 30.4 Å². The zero-order valence-corrected chi connectivity index (χ0v) is 20.3. The molecule has 1 aromatic carbocycles. The lowest BCUT2D eigenvalue weighted by molar-refractivity contribution is -0.144. The van der Waals surface area contributed by atoms with Gasteiger partial charge in [0, 0.05) is 6.42 Å². The van der Waals surface area contributed by atoms with Gasteiger partial charge in [-0.05, 0) is 29.5 Å². The number of phenols is 1. The number of rotatable bonds is 13. The summed E-state index contributed by atoms with van der Waals surface area (Å²) in [4.78, 5) is 61.0. The largest absolute Gasteiger partial charge is 0.508 e. The highest BCUT2D eigenvalue weighted by Gasteiger charge is 2.32. The van der Waals surface area contributed by atoms with Crippen LogP contribution in [0.4, 0.5) is 0 Å². The number of benzene rings is 1. The Labute approximate surface area is 203 Å². The van der Waals surface area contributed by atoms with E-state index in [0.29, 0.717) is 5.56 Å². The highest BCUT2D eigenvalue weighted by atomic mass is 16.4. The van der Waals surface area contributed by atoms with Crippen LogP contribution in [0.25, 0.3) is 0 Å². The fraction of sp³-hybridized carbons (Fsp3) is 0.522. The van der Waals surface area contributed by atoms with Gasteiger partial charge in [-0.1, -0.05) is 39.8 Å². The first-order valence-electron chi connectivity index (χ1n) is 11.2. The van der Waals surface area contributed by atoms with Crippen LogP contribution >= 0.6 is 0 Å². The molecule has 35 heavy (non-hydrogen) atoms. The SMILES string of the molecule is CC(C)C(N)C(=O)NC(Cc1ccc(O)cc1)C(=O)NC(C(=O)NC(CC(N)=O)C(=O)O)C(C)C. The van der Waals surface area contributed by atoms with E-state index in [9.17, 15) is 34.2 Å². The van der Waals surface area contributed by atoms with Crippen molar-refractivity contribution < 1.29 is 34.2 Å². The molecular weight excluding hydrogens is 458 g/mol. The molecule has 0 fully saturated rings. The number of carboxylic acid groups (broad SMARTS) is 1. The van der Waals surface area contributed by atoms with Crippen molar-refractivity contribution in [2.24, 2.45) is 23.3 Å². The smallest absolute Gasteiger partial charge is 0.326 e. The topological polar surface area (TPSA) is 214 Å². The molecule has 4 amide bonds. The second kappa shape index (κ2) is 13.3. The highest BCUT2D eigenvalue weighted by molar-refractivity contribution is 5.95. The molecule has 0 radical (unpaired) electrons. The monoisotopic (exact) mass is 493 g/mol. The van der Waals surface area contributed by atoms with Crippen molar-refractivity contribution in [3.63, 3.8) is 0 Å². The Hall–Kier alpha value is -3.67. The Balaban J connectivity index is 3.11. The van der Waals surface area contributed by atoms with E-state index in [2.05, 4.69) is 16.0 Å². The summed E-state index contributed by atoms with van der Waals surface area (Å²) < 4.78 is 0. The van der Waals surface area contributed by atoms with E-state index < -0.39 is 66.1 Å². The lowest BCUT2D eigenvalue weighted by Crippen LogP contribution is -2.59. The molecule has 0 heterocycles. The van der Waals surface area contributed by atoms with E-state index in [0.717, 1.165) is 0 Å².